The van der Waals surface area contributed by atoms with Gasteiger partial charge < -0.3 is 10.1 Å². The second kappa shape index (κ2) is 8.79. The first-order valence-electron chi connectivity index (χ1n) is 10.4. The van der Waals surface area contributed by atoms with Gasteiger partial charge in [0, 0.05) is 29.5 Å². The van der Waals surface area contributed by atoms with E-state index in [1.165, 1.54) is 18.2 Å². The highest BCUT2D eigenvalue weighted by molar-refractivity contribution is 6.31. The molecular formula is C24H24Cl2FNO3. The van der Waals surface area contributed by atoms with Gasteiger partial charge in [-0.3, -0.25) is 9.59 Å². The minimum Gasteiger partial charge on any atom is -0.486 e. The number of aryl methyl sites for hydroxylation is 1. The molecule has 2 aromatic carbocycles. The summed E-state index contributed by atoms with van der Waals surface area (Å²) in [5, 5.41) is 3.89. The van der Waals surface area contributed by atoms with Gasteiger partial charge in [0.1, 0.15) is 18.2 Å². The van der Waals surface area contributed by atoms with Crippen molar-refractivity contribution in [3.8, 4) is 5.75 Å². The molecule has 1 N–H and O–H groups in total. The van der Waals surface area contributed by atoms with Gasteiger partial charge in [-0.1, -0.05) is 35.3 Å². The van der Waals surface area contributed by atoms with E-state index >= 15 is 0 Å². The van der Waals surface area contributed by atoms with Gasteiger partial charge in [-0.05, 0) is 67.3 Å². The third-order valence-corrected chi connectivity index (χ3v) is 6.71. The molecule has 0 saturated heterocycles. The summed E-state index contributed by atoms with van der Waals surface area (Å²) >= 11 is 11.6. The highest BCUT2D eigenvalue weighted by Gasteiger charge is 2.68. The normalized spacial score (nSPS) is 23.5. The van der Waals surface area contributed by atoms with Crippen LogP contribution in [0.25, 0.3) is 0 Å². The van der Waals surface area contributed by atoms with Gasteiger partial charge >= 0.3 is 0 Å². The molecule has 5 rings (SSSR count). The monoisotopic (exact) mass is 463 g/mol. The van der Waals surface area contributed by atoms with Crippen molar-refractivity contribution in [1.29, 1.82) is 0 Å². The van der Waals surface area contributed by atoms with Crippen LogP contribution in [0.2, 0.25) is 10.0 Å². The van der Waals surface area contributed by atoms with Crippen LogP contribution < -0.4 is 10.1 Å². The number of nitrogens with one attached hydrogen (secondary N) is 1. The molecule has 0 spiro atoms. The number of halogens is 3. The first-order valence-corrected chi connectivity index (χ1v) is 11.2. The summed E-state index contributed by atoms with van der Waals surface area (Å²) in [6.07, 6.45) is 5.00. The molecule has 0 unspecified atom stereocenters. The Morgan fingerprint density at radius 2 is 1.87 bits per heavy atom. The number of rotatable bonds is 10. The van der Waals surface area contributed by atoms with Gasteiger partial charge in [0.15, 0.2) is 5.78 Å². The summed E-state index contributed by atoms with van der Waals surface area (Å²) in [6, 6.07) is 11.8. The van der Waals surface area contributed by atoms with Crippen LogP contribution >= 0.6 is 23.2 Å². The zero-order valence-electron chi connectivity index (χ0n) is 17.1. The molecule has 0 aromatic heterocycles. The van der Waals surface area contributed by atoms with Crippen molar-refractivity contribution in [3.63, 3.8) is 0 Å². The highest BCUT2D eigenvalue weighted by Crippen LogP contribution is 2.69. The second-order valence-electron chi connectivity index (χ2n) is 8.92. The molecule has 31 heavy (non-hydrogen) atoms. The fourth-order valence-corrected chi connectivity index (χ4v) is 5.35. The Labute approximate surface area is 191 Å². The summed E-state index contributed by atoms with van der Waals surface area (Å²) in [7, 11) is 0. The summed E-state index contributed by atoms with van der Waals surface area (Å²) < 4.78 is 18.8. The first kappa shape index (κ1) is 22.1. The number of ketones is 1. The van der Waals surface area contributed by atoms with E-state index in [1.54, 1.807) is 0 Å². The topological polar surface area (TPSA) is 55.4 Å². The van der Waals surface area contributed by atoms with Gasteiger partial charge in [0.2, 0.25) is 5.91 Å². The van der Waals surface area contributed by atoms with Crippen molar-refractivity contribution in [2.75, 3.05) is 6.61 Å². The molecule has 3 fully saturated rings. The van der Waals surface area contributed by atoms with Crippen LogP contribution in [0.3, 0.4) is 0 Å². The molecule has 0 heterocycles. The zero-order valence-corrected chi connectivity index (χ0v) is 18.6. The smallest absolute Gasteiger partial charge is 0.220 e. The van der Waals surface area contributed by atoms with E-state index in [9.17, 15) is 14.0 Å². The van der Waals surface area contributed by atoms with E-state index in [0.717, 1.165) is 37.7 Å². The molecule has 4 nitrogen and oxygen atoms in total. The standard InChI is InChI=1S/C24H24Cl2FNO3/c25-17-5-1-3-16(9-17)4-2-6-22(30)28-24-13-23(14-24,15-24)11-18(29)12-31-19-7-8-20(26)21(27)10-19/h1,3,5,7-10H,2,4,6,11-15H2,(H,28,30). The minimum absolute atomic E-state index is 0.0141. The van der Waals surface area contributed by atoms with E-state index < -0.39 is 5.82 Å². The largest absolute Gasteiger partial charge is 0.486 e. The molecule has 0 atom stereocenters. The lowest BCUT2D eigenvalue weighted by Crippen LogP contribution is -2.75. The molecule has 1 amide bonds. The maximum Gasteiger partial charge on any atom is 0.220 e. The Kier molecular flexibility index (Phi) is 6.27. The lowest BCUT2D eigenvalue weighted by Gasteiger charge is -2.70. The maximum absolute atomic E-state index is 13.4. The first-order chi connectivity index (χ1) is 14.8. The molecule has 3 aliphatic rings. The van der Waals surface area contributed by atoms with Crippen molar-refractivity contribution in [1.82, 2.24) is 5.32 Å². The second-order valence-corrected chi connectivity index (χ2v) is 9.77. The Hall–Kier alpha value is -2.11. The summed E-state index contributed by atoms with van der Waals surface area (Å²) in [6.45, 7) is -0.0916. The fourth-order valence-electron chi connectivity index (χ4n) is 5.02. The minimum atomic E-state index is -0.573. The van der Waals surface area contributed by atoms with Gasteiger partial charge in [0.25, 0.3) is 0 Å². The molecule has 2 bridgehead atoms. The molecule has 0 aliphatic heterocycles. The van der Waals surface area contributed by atoms with Gasteiger partial charge in [-0.25, -0.2) is 4.39 Å². The van der Waals surface area contributed by atoms with E-state index in [2.05, 4.69) is 5.32 Å². The average molecular weight is 464 g/mol. The number of amides is 1. The molecular weight excluding hydrogens is 440 g/mol. The number of carbonyl (C=O) groups is 2. The average Bonchev–Trinajstić information content (AvgIpc) is 2.66. The van der Waals surface area contributed by atoms with Crippen molar-refractivity contribution in [3.05, 3.63) is 63.9 Å². The SMILES string of the molecule is O=C(COc1ccc(Cl)c(F)c1)CC12CC(NC(=O)CCCc3cccc(Cl)c3)(C1)C2. The molecule has 3 saturated carbocycles. The highest BCUT2D eigenvalue weighted by atomic mass is 35.5. The quantitative estimate of drug-likeness (QED) is 0.503. The van der Waals surface area contributed by atoms with Crippen molar-refractivity contribution < 1.29 is 18.7 Å². The molecule has 2 aromatic rings. The van der Waals surface area contributed by atoms with Crippen molar-refractivity contribution in [2.45, 2.75) is 50.5 Å². The predicted molar refractivity (Wildman–Crippen MR) is 118 cm³/mol. The Morgan fingerprint density at radius 1 is 1.10 bits per heavy atom. The summed E-state index contributed by atoms with van der Waals surface area (Å²) in [4.78, 5) is 24.6. The molecule has 0 radical (unpaired) electrons. The zero-order chi connectivity index (χ0) is 22.1. The van der Waals surface area contributed by atoms with Crippen LogP contribution in [0.1, 0.15) is 44.1 Å². The maximum atomic E-state index is 13.4. The third kappa shape index (κ3) is 5.21. The Bertz CT molecular complexity index is 990. The van der Waals surface area contributed by atoms with Crippen molar-refractivity contribution in [2.24, 2.45) is 5.41 Å². The molecule has 3 aliphatic carbocycles. The molecule has 164 valence electrons. The van der Waals surface area contributed by atoms with E-state index in [0.29, 0.717) is 17.9 Å². The van der Waals surface area contributed by atoms with Crippen LogP contribution in [0.15, 0.2) is 42.5 Å². The summed E-state index contributed by atoms with van der Waals surface area (Å²) in [5.74, 6) is -0.239. The lowest BCUT2D eigenvalue weighted by atomic mass is 9.38. The van der Waals surface area contributed by atoms with E-state index in [4.69, 9.17) is 27.9 Å². The number of hydrogen-bond acceptors (Lipinski definition) is 3. The number of Topliss-reactive ketones (excluding diaryl/α,β-unsaturated/α-hetero) is 1. The fraction of sp³-hybridized carbons (Fsp3) is 0.417. The predicted octanol–water partition coefficient (Wildman–Crippen LogP) is 5.53. The Balaban J connectivity index is 1.14. The Morgan fingerprint density at radius 3 is 2.58 bits per heavy atom. The van der Waals surface area contributed by atoms with Crippen LogP contribution in [0.4, 0.5) is 4.39 Å². The lowest BCUT2D eigenvalue weighted by molar-refractivity contribution is -0.172. The van der Waals surface area contributed by atoms with Gasteiger partial charge in [0.05, 0.1) is 5.02 Å². The van der Waals surface area contributed by atoms with Crippen LogP contribution in [-0.4, -0.2) is 23.8 Å². The van der Waals surface area contributed by atoms with Crippen LogP contribution in [0.5, 0.6) is 5.75 Å². The van der Waals surface area contributed by atoms with E-state index in [-0.39, 0.29) is 40.0 Å². The summed E-state index contributed by atoms with van der Waals surface area (Å²) in [5.41, 5.74) is 0.986. The van der Waals surface area contributed by atoms with Crippen LogP contribution in [0, 0.1) is 11.2 Å². The number of carbonyl (C=O) groups excluding carboxylic acids is 2. The number of benzene rings is 2. The number of hydrogen-bond donors (Lipinski definition) is 1. The van der Waals surface area contributed by atoms with Crippen molar-refractivity contribution >= 4 is 34.9 Å². The third-order valence-electron chi connectivity index (χ3n) is 6.17. The van der Waals surface area contributed by atoms with E-state index in [1.807, 2.05) is 24.3 Å². The number of ether oxygens (including phenoxy) is 1. The van der Waals surface area contributed by atoms with Gasteiger partial charge in [-0.2, -0.15) is 0 Å². The van der Waals surface area contributed by atoms with Crippen LogP contribution in [-0.2, 0) is 16.0 Å². The molecule has 7 heteroatoms. The van der Waals surface area contributed by atoms with Gasteiger partial charge in [-0.15, -0.1) is 0 Å².